The molecule has 0 aromatic heterocycles. The Labute approximate surface area is 108 Å². The van der Waals surface area contributed by atoms with Gasteiger partial charge in [0.25, 0.3) is 0 Å². The Balaban J connectivity index is 1.49. The number of hydrogen-bond acceptors (Lipinski definition) is 3. The molecule has 2 heterocycles. The smallest absolute Gasteiger partial charge is 0.0260 e. The van der Waals surface area contributed by atoms with Crippen LogP contribution in [0, 0.1) is 0 Å². The maximum atomic E-state index is 3.73. The number of likely N-dealkylation sites (N-methyl/N-ethyl adjacent to an activating group) is 1. The molecule has 17 heavy (non-hydrogen) atoms. The minimum absolute atomic E-state index is 0.712. The lowest BCUT2D eigenvalue weighted by atomic mass is 10.1. The maximum Gasteiger partial charge on any atom is 0.0260 e. The molecule has 2 atom stereocenters. The summed E-state index contributed by atoms with van der Waals surface area (Å²) in [5.74, 6) is 0. The maximum absolute atomic E-state index is 3.73. The van der Waals surface area contributed by atoms with Crippen molar-refractivity contribution in [1.29, 1.82) is 0 Å². The highest BCUT2D eigenvalue weighted by Crippen LogP contribution is 2.36. The molecular weight excluding hydrogens is 228 g/mol. The molecule has 0 bridgehead atoms. The van der Waals surface area contributed by atoms with Crippen molar-refractivity contribution in [2.75, 3.05) is 26.7 Å². The third-order valence-corrected chi connectivity index (χ3v) is 5.06. The molecule has 2 aliphatic heterocycles. The Kier molecular flexibility index (Phi) is 3.41. The van der Waals surface area contributed by atoms with Gasteiger partial charge in [0.05, 0.1) is 0 Å². The Morgan fingerprint density at radius 3 is 3.06 bits per heavy atom. The van der Waals surface area contributed by atoms with E-state index in [4.69, 9.17) is 0 Å². The van der Waals surface area contributed by atoms with Crippen molar-refractivity contribution in [3.8, 4) is 0 Å². The summed E-state index contributed by atoms with van der Waals surface area (Å²) in [6.45, 7) is 3.61. The second-order valence-corrected chi connectivity index (χ2v) is 6.55. The van der Waals surface area contributed by atoms with E-state index in [1.165, 1.54) is 36.4 Å². The topological polar surface area (TPSA) is 15.3 Å². The molecule has 1 saturated heterocycles. The van der Waals surface area contributed by atoms with E-state index < -0.39 is 0 Å². The van der Waals surface area contributed by atoms with E-state index in [1.54, 1.807) is 0 Å². The normalized spacial score (nSPS) is 28.5. The molecule has 1 fully saturated rings. The SMILES string of the molecule is CN1CCC(NCC2Cc3ccccc3S2)C1. The Hall–Kier alpha value is -0.510. The van der Waals surface area contributed by atoms with E-state index in [0.29, 0.717) is 6.04 Å². The lowest BCUT2D eigenvalue weighted by molar-refractivity contribution is 0.398. The highest BCUT2D eigenvalue weighted by Gasteiger charge is 2.24. The molecule has 0 aliphatic carbocycles. The fourth-order valence-electron chi connectivity index (χ4n) is 2.77. The number of fused-ring (bicyclic) bond motifs is 1. The van der Waals surface area contributed by atoms with Crippen molar-refractivity contribution in [2.24, 2.45) is 0 Å². The summed E-state index contributed by atoms with van der Waals surface area (Å²) in [5, 5.41) is 4.46. The van der Waals surface area contributed by atoms with Gasteiger partial charge < -0.3 is 10.2 Å². The molecule has 1 aromatic carbocycles. The van der Waals surface area contributed by atoms with Gasteiger partial charge in [-0.15, -0.1) is 11.8 Å². The van der Waals surface area contributed by atoms with E-state index >= 15 is 0 Å². The third kappa shape index (κ3) is 2.67. The predicted molar refractivity (Wildman–Crippen MR) is 73.7 cm³/mol. The van der Waals surface area contributed by atoms with Crippen molar-refractivity contribution in [3.63, 3.8) is 0 Å². The first kappa shape index (κ1) is 11.6. The van der Waals surface area contributed by atoms with Crippen LogP contribution in [0.2, 0.25) is 0 Å². The quantitative estimate of drug-likeness (QED) is 0.881. The molecule has 1 aromatic rings. The third-order valence-electron chi connectivity index (χ3n) is 3.74. The summed E-state index contributed by atoms with van der Waals surface area (Å²) >= 11 is 2.04. The van der Waals surface area contributed by atoms with Gasteiger partial charge in [-0.05, 0) is 38.1 Å². The van der Waals surface area contributed by atoms with Crippen molar-refractivity contribution < 1.29 is 0 Å². The number of thioether (sulfide) groups is 1. The van der Waals surface area contributed by atoms with Gasteiger partial charge in [0.1, 0.15) is 0 Å². The van der Waals surface area contributed by atoms with Gasteiger partial charge in [0.2, 0.25) is 0 Å². The first-order valence-corrected chi connectivity index (χ1v) is 7.36. The van der Waals surface area contributed by atoms with Gasteiger partial charge in [-0.3, -0.25) is 0 Å². The summed E-state index contributed by atoms with van der Waals surface area (Å²) in [4.78, 5) is 3.90. The van der Waals surface area contributed by atoms with Crippen molar-refractivity contribution in [1.82, 2.24) is 10.2 Å². The fraction of sp³-hybridized carbons (Fsp3) is 0.571. The van der Waals surface area contributed by atoms with E-state index in [2.05, 4.69) is 41.5 Å². The molecule has 92 valence electrons. The Morgan fingerprint density at radius 2 is 2.29 bits per heavy atom. The van der Waals surface area contributed by atoms with Crippen LogP contribution in [0.25, 0.3) is 0 Å². The van der Waals surface area contributed by atoms with Crippen molar-refractivity contribution >= 4 is 11.8 Å². The summed E-state index contributed by atoms with van der Waals surface area (Å²) in [6.07, 6.45) is 2.54. The first-order chi connectivity index (χ1) is 8.31. The van der Waals surface area contributed by atoms with Gasteiger partial charge in [-0.25, -0.2) is 0 Å². The number of likely N-dealkylation sites (tertiary alicyclic amines) is 1. The summed E-state index contributed by atoms with van der Waals surface area (Å²) in [5.41, 5.74) is 1.54. The molecule has 1 N–H and O–H groups in total. The van der Waals surface area contributed by atoms with Crippen LogP contribution >= 0.6 is 11.8 Å². The van der Waals surface area contributed by atoms with Gasteiger partial charge in [-0.2, -0.15) is 0 Å². The summed E-state index contributed by atoms with van der Waals surface area (Å²) in [7, 11) is 2.21. The monoisotopic (exact) mass is 248 g/mol. The second kappa shape index (κ2) is 5.01. The van der Waals surface area contributed by atoms with Gasteiger partial charge in [-0.1, -0.05) is 18.2 Å². The molecule has 2 nitrogen and oxygen atoms in total. The fourth-order valence-corrected chi connectivity index (χ4v) is 4.03. The largest absolute Gasteiger partial charge is 0.312 e. The van der Waals surface area contributed by atoms with E-state index in [0.717, 1.165) is 11.8 Å². The molecular formula is C14H20N2S. The number of rotatable bonds is 3. The van der Waals surface area contributed by atoms with Crippen LogP contribution in [0.15, 0.2) is 29.2 Å². The molecule has 0 amide bonds. The number of hydrogen-bond donors (Lipinski definition) is 1. The predicted octanol–water partition coefficient (Wildman–Crippen LogP) is 2.00. The number of benzene rings is 1. The Bertz CT molecular complexity index is 369. The standard InChI is InChI=1S/C14H20N2S/c1-16-7-6-12(10-16)15-9-13-8-11-4-2-3-5-14(11)17-13/h2-5,12-13,15H,6-10H2,1H3. The van der Waals surface area contributed by atoms with E-state index in [1.807, 2.05) is 11.8 Å². The van der Waals surface area contributed by atoms with Gasteiger partial charge in [0.15, 0.2) is 0 Å². The molecule has 3 rings (SSSR count). The minimum Gasteiger partial charge on any atom is -0.312 e. The van der Waals surface area contributed by atoms with Crippen LogP contribution in [-0.4, -0.2) is 42.9 Å². The molecule has 2 unspecified atom stereocenters. The first-order valence-electron chi connectivity index (χ1n) is 6.48. The second-order valence-electron chi connectivity index (χ2n) is 5.21. The molecule has 2 aliphatic rings. The zero-order valence-corrected chi connectivity index (χ0v) is 11.2. The van der Waals surface area contributed by atoms with Crippen LogP contribution in [0.3, 0.4) is 0 Å². The summed E-state index contributed by atoms with van der Waals surface area (Å²) in [6, 6.07) is 9.54. The molecule has 0 spiro atoms. The lowest BCUT2D eigenvalue weighted by Crippen LogP contribution is -2.36. The molecule has 0 saturated carbocycles. The average Bonchev–Trinajstić information content (AvgIpc) is 2.91. The van der Waals surface area contributed by atoms with Crippen LogP contribution in [0.5, 0.6) is 0 Å². The van der Waals surface area contributed by atoms with Crippen molar-refractivity contribution in [2.45, 2.75) is 29.0 Å². The summed E-state index contributed by atoms with van der Waals surface area (Å²) < 4.78 is 0. The van der Waals surface area contributed by atoms with Crippen LogP contribution in [0.1, 0.15) is 12.0 Å². The highest BCUT2D eigenvalue weighted by molar-refractivity contribution is 8.00. The number of nitrogens with zero attached hydrogens (tertiary/aromatic N) is 1. The zero-order valence-electron chi connectivity index (χ0n) is 10.4. The molecule has 3 heteroatoms. The van der Waals surface area contributed by atoms with Crippen molar-refractivity contribution in [3.05, 3.63) is 29.8 Å². The van der Waals surface area contributed by atoms with E-state index in [-0.39, 0.29) is 0 Å². The average molecular weight is 248 g/mol. The zero-order chi connectivity index (χ0) is 11.7. The highest BCUT2D eigenvalue weighted by atomic mass is 32.2. The van der Waals surface area contributed by atoms with Crippen LogP contribution in [-0.2, 0) is 6.42 Å². The van der Waals surface area contributed by atoms with E-state index in [9.17, 15) is 0 Å². The Morgan fingerprint density at radius 1 is 1.41 bits per heavy atom. The lowest BCUT2D eigenvalue weighted by Gasteiger charge is -2.15. The van der Waals surface area contributed by atoms with Gasteiger partial charge >= 0.3 is 0 Å². The number of nitrogens with one attached hydrogen (secondary N) is 1. The molecule has 0 radical (unpaired) electrons. The van der Waals surface area contributed by atoms with Gasteiger partial charge in [0, 0.05) is 29.3 Å². The van der Waals surface area contributed by atoms with Crippen LogP contribution in [0.4, 0.5) is 0 Å². The minimum atomic E-state index is 0.712. The van der Waals surface area contributed by atoms with Crippen LogP contribution < -0.4 is 5.32 Å².